The van der Waals surface area contributed by atoms with Gasteiger partial charge in [-0.25, -0.2) is 4.79 Å². The number of carboxylic acid groups (broad SMARTS) is 1. The van der Waals surface area contributed by atoms with Gasteiger partial charge in [0.25, 0.3) is 0 Å². The topological polar surface area (TPSA) is 37.3 Å². The maximum atomic E-state index is 10.9. The number of aliphatic carboxylic acids is 1. The normalized spacial score (nSPS) is 11.8. The largest absolute Gasteiger partial charge is 0.478 e. The van der Waals surface area contributed by atoms with Gasteiger partial charge >= 0.3 is 5.97 Å². The van der Waals surface area contributed by atoms with E-state index in [0.29, 0.717) is 12.0 Å². The SMILES string of the molecule is CCCCCCCCCCCCCCCCCC/C=C(/CC)C(=O)O. The summed E-state index contributed by atoms with van der Waals surface area (Å²) in [5.41, 5.74) is 0.570. The van der Waals surface area contributed by atoms with Gasteiger partial charge in [-0.3, -0.25) is 0 Å². The van der Waals surface area contributed by atoms with Crippen LogP contribution in [-0.4, -0.2) is 11.1 Å². The van der Waals surface area contributed by atoms with Gasteiger partial charge < -0.3 is 5.11 Å². The molecule has 2 heteroatoms. The van der Waals surface area contributed by atoms with Crippen molar-refractivity contribution in [2.45, 2.75) is 129 Å². The van der Waals surface area contributed by atoms with Gasteiger partial charge in [0.1, 0.15) is 0 Å². The molecule has 0 aliphatic rings. The van der Waals surface area contributed by atoms with Crippen LogP contribution < -0.4 is 0 Å². The highest BCUT2D eigenvalue weighted by atomic mass is 16.4. The van der Waals surface area contributed by atoms with Gasteiger partial charge in [0, 0.05) is 5.57 Å². The van der Waals surface area contributed by atoms with Crippen LogP contribution in [0.3, 0.4) is 0 Å². The first-order chi connectivity index (χ1) is 12.2. The molecule has 0 amide bonds. The molecule has 0 aliphatic heterocycles. The fraction of sp³-hybridized carbons (Fsp3) is 0.870. The van der Waals surface area contributed by atoms with Crippen molar-refractivity contribution in [3.63, 3.8) is 0 Å². The van der Waals surface area contributed by atoms with E-state index in [-0.39, 0.29) is 0 Å². The highest BCUT2D eigenvalue weighted by Crippen LogP contribution is 2.14. The Hall–Kier alpha value is -0.790. The Kier molecular flexibility index (Phi) is 18.9. The third kappa shape index (κ3) is 17.8. The number of hydrogen-bond acceptors (Lipinski definition) is 1. The second-order valence-electron chi connectivity index (χ2n) is 7.48. The molecule has 0 bridgehead atoms. The quantitative estimate of drug-likeness (QED) is 0.188. The zero-order valence-electron chi connectivity index (χ0n) is 17.2. The van der Waals surface area contributed by atoms with Crippen molar-refractivity contribution in [1.29, 1.82) is 0 Å². The van der Waals surface area contributed by atoms with Crippen molar-refractivity contribution in [2.24, 2.45) is 0 Å². The van der Waals surface area contributed by atoms with E-state index in [1.165, 1.54) is 96.3 Å². The summed E-state index contributed by atoms with van der Waals surface area (Å²) in [7, 11) is 0. The van der Waals surface area contributed by atoms with Crippen molar-refractivity contribution in [3.8, 4) is 0 Å². The van der Waals surface area contributed by atoms with Gasteiger partial charge in [0.15, 0.2) is 0 Å². The molecule has 0 atom stereocenters. The van der Waals surface area contributed by atoms with Crippen molar-refractivity contribution in [3.05, 3.63) is 11.6 Å². The highest BCUT2D eigenvalue weighted by molar-refractivity contribution is 5.86. The molecule has 2 nitrogen and oxygen atoms in total. The minimum Gasteiger partial charge on any atom is -0.478 e. The molecule has 0 rings (SSSR count). The van der Waals surface area contributed by atoms with Crippen LogP contribution in [0.25, 0.3) is 0 Å². The van der Waals surface area contributed by atoms with Crippen molar-refractivity contribution in [2.75, 3.05) is 0 Å². The molecule has 0 saturated carbocycles. The minimum absolute atomic E-state index is 0.570. The molecule has 1 N–H and O–H groups in total. The number of carboxylic acids is 1. The Morgan fingerprint density at radius 1 is 0.640 bits per heavy atom. The van der Waals surface area contributed by atoms with Crippen LogP contribution in [0.15, 0.2) is 11.6 Å². The number of unbranched alkanes of at least 4 members (excludes halogenated alkanes) is 16. The Bertz CT molecular complexity index is 320. The van der Waals surface area contributed by atoms with E-state index < -0.39 is 5.97 Å². The summed E-state index contributed by atoms with van der Waals surface area (Å²) in [5.74, 6) is -0.751. The fourth-order valence-electron chi connectivity index (χ4n) is 3.35. The second kappa shape index (κ2) is 19.5. The molecule has 148 valence electrons. The lowest BCUT2D eigenvalue weighted by atomic mass is 10.0. The summed E-state index contributed by atoms with van der Waals surface area (Å²) in [5, 5.41) is 8.94. The van der Waals surface area contributed by atoms with Crippen LogP contribution >= 0.6 is 0 Å². The first kappa shape index (κ1) is 24.2. The van der Waals surface area contributed by atoms with Gasteiger partial charge in [-0.2, -0.15) is 0 Å². The Labute approximate surface area is 157 Å². The average Bonchev–Trinajstić information content (AvgIpc) is 2.60. The molecule has 0 heterocycles. The Morgan fingerprint density at radius 3 is 1.32 bits per heavy atom. The maximum Gasteiger partial charge on any atom is 0.331 e. The summed E-state index contributed by atoms with van der Waals surface area (Å²) in [4.78, 5) is 10.9. The van der Waals surface area contributed by atoms with Gasteiger partial charge in [-0.15, -0.1) is 0 Å². The van der Waals surface area contributed by atoms with E-state index in [0.717, 1.165) is 12.8 Å². The van der Waals surface area contributed by atoms with Crippen LogP contribution in [0.1, 0.15) is 129 Å². The smallest absolute Gasteiger partial charge is 0.331 e. The summed E-state index contributed by atoms with van der Waals surface area (Å²) in [6.45, 7) is 4.19. The van der Waals surface area contributed by atoms with Gasteiger partial charge in [-0.05, 0) is 19.3 Å². The maximum absolute atomic E-state index is 10.9. The Balaban J connectivity index is 3.18. The zero-order valence-corrected chi connectivity index (χ0v) is 17.2. The number of allylic oxidation sites excluding steroid dienone is 1. The van der Waals surface area contributed by atoms with Crippen LogP contribution in [0.2, 0.25) is 0 Å². The van der Waals surface area contributed by atoms with Crippen LogP contribution in [-0.2, 0) is 4.79 Å². The van der Waals surface area contributed by atoms with Gasteiger partial charge in [0.05, 0.1) is 0 Å². The van der Waals surface area contributed by atoms with Crippen molar-refractivity contribution < 1.29 is 9.90 Å². The molecular weight excluding hydrogens is 308 g/mol. The lowest BCUT2D eigenvalue weighted by molar-refractivity contribution is -0.132. The molecule has 0 aromatic carbocycles. The molecule has 0 spiro atoms. The van der Waals surface area contributed by atoms with Crippen LogP contribution in [0.4, 0.5) is 0 Å². The lowest BCUT2D eigenvalue weighted by Crippen LogP contribution is -1.98. The minimum atomic E-state index is -0.751. The molecule has 25 heavy (non-hydrogen) atoms. The molecule has 0 saturated heterocycles. The monoisotopic (exact) mass is 352 g/mol. The summed E-state index contributed by atoms with van der Waals surface area (Å²) >= 11 is 0. The van der Waals surface area contributed by atoms with E-state index in [4.69, 9.17) is 5.11 Å². The average molecular weight is 353 g/mol. The first-order valence-corrected chi connectivity index (χ1v) is 11.1. The third-order valence-electron chi connectivity index (χ3n) is 5.10. The highest BCUT2D eigenvalue weighted by Gasteiger charge is 2.02. The fourth-order valence-corrected chi connectivity index (χ4v) is 3.35. The summed E-state index contributed by atoms with van der Waals surface area (Å²) in [6.07, 6.45) is 25.5. The van der Waals surface area contributed by atoms with Crippen LogP contribution in [0.5, 0.6) is 0 Å². The second-order valence-corrected chi connectivity index (χ2v) is 7.48. The molecule has 0 radical (unpaired) electrons. The molecule has 0 unspecified atom stereocenters. The van der Waals surface area contributed by atoms with Crippen molar-refractivity contribution in [1.82, 2.24) is 0 Å². The predicted octanol–water partition coefficient (Wildman–Crippen LogP) is 8.06. The van der Waals surface area contributed by atoms with Crippen LogP contribution in [0, 0.1) is 0 Å². The van der Waals surface area contributed by atoms with E-state index in [9.17, 15) is 4.79 Å². The zero-order chi connectivity index (χ0) is 18.6. The van der Waals surface area contributed by atoms with E-state index in [1.54, 1.807) is 0 Å². The third-order valence-corrected chi connectivity index (χ3v) is 5.10. The molecule has 0 aliphatic carbocycles. The lowest BCUT2D eigenvalue weighted by Gasteiger charge is -2.03. The number of hydrogen-bond donors (Lipinski definition) is 1. The van der Waals surface area contributed by atoms with E-state index in [2.05, 4.69) is 6.92 Å². The summed E-state index contributed by atoms with van der Waals surface area (Å²) in [6, 6.07) is 0. The molecule has 0 fully saturated rings. The standard InChI is InChI=1S/C23H44O2/c1-3-5-6-7-8-9-10-11-12-13-14-15-16-17-18-19-20-21-22(4-2)23(24)25/h21H,3-20H2,1-2H3,(H,24,25)/b22-21-. The van der Waals surface area contributed by atoms with Gasteiger partial charge in [0.2, 0.25) is 0 Å². The molecule has 0 aromatic heterocycles. The first-order valence-electron chi connectivity index (χ1n) is 11.1. The molecule has 0 aromatic rings. The molecular formula is C23H44O2. The summed E-state index contributed by atoms with van der Waals surface area (Å²) < 4.78 is 0. The Morgan fingerprint density at radius 2 is 1.00 bits per heavy atom. The number of rotatable bonds is 19. The number of carbonyl (C=O) groups is 1. The van der Waals surface area contributed by atoms with E-state index >= 15 is 0 Å². The predicted molar refractivity (Wildman–Crippen MR) is 110 cm³/mol. The van der Waals surface area contributed by atoms with Crippen molar-refractivity contribution >= 4 is 5.97 Å². The van der Waals surface area contributed by atoms with E-state index in [1.807, 2.05) is 13.0 Å². The van der Waals surface area contributed by atoms with Gasteiger partial charge in [-0.1, -0.05) is 116 Å².